The maximum Gasteiger partial charge on any atom is 0.165 e. The highest BCUT2D eigenvalue weighted by Crippen LogP contribution is 2.46. The number of hydrogen-bond donors (Lipinski definition) is 0. The van der Waals surface area contributed by atoms with E-state index in [4.69, 9.17) is 15.0 Å². The van der Waals surface area contributed by atoms with Gasteiger partial charge in [-0.1, -0.05) is 140 Å². The maximum absolute atomic E-state index is 5.08. The van der Waals surface area contributed by atoms with Gasteiger partial charge in [-0.15, -0.1) is 22.7 Å². The van der Waals surface area contributed by atoms with Crippen LogP contribution >= 0.6 is 22.7 Å². The van der Waals surface area contributed by atoms with Crippen LogP contribution in [0.25, 0.3) is 113 Å². The number of rotatable bonds is 5. The summed E-state index contributed by atoms with van der Waals surface area (Å²) in [5, 5.41) is 7.55. The molecule has 0 amide bonds. The molecule has 266 valence electrons. The first-order valence-electron chi connectivity index (χ1n) is 19.0. The van der Waals surface area contributed by atoms with Crippen molar-refractivity contribution in [2.45, 2.75) is 0 Å². The molecule has 0 spiro atoms. The first kappa shape index (κ1) is 32.3. The first-order valence-corrected chi connectivity index (χ1v) is 20.7. The van der Waals surface area contributed by atoms with Gasteiger partial charge in [-0.05, 0) is 53.6 Å². The van der Waals surface area contributed by atoms with E-state index < -0.39 is 0 Å². The van der Waals surface area contributed by atoms with E-state index in [1.807, 2.05) is 47.7 Å². The molecule has 0 bridgehead atoms. The average molecular weight is 763 g/mol. The molecule has 57 heavy (non-hydrogen) atoms. The summed E-state index contributed by atoms with van der Waals surface area (Å²) >= 11 is 3.68. The number of nitrogens with zero attached hydrogens (tertiary/aromatic N) is 4. The molecule has 0 aliphatic rings. The lowest BCUT2D eigenvalue weighted by molar-refractivity contribution is 1.08. The van der Waals surface area contributed by atoms with Gasteiger partial charge in [0.05, 0.1) is 16.7 Å². The SMILES string of the molecule is c1ccc(-c2nc(-c3ccccc3)nc(-c3cccc4c3sc3ccc(-c5cccc6c5sc5cccc(-n7c8ccccc8c8ccccc87)c56)cc34)n2)cc1. The summed E-state index contributed by atoms with van der Waals surface area (Å²) < 4.78 is 7.44. The highest BCUT2D eigenvalue weighted by Gasteiger charge is 2.20. The van der Waals surface area contributed by atoms with Crippen molar-refractivity contribution in [3.63, 3.8) is 0 Å². The van der Waals surface area contributed by atoms with Crippen LogP contribution in [0.1, 0.15) is 0 Å². The van der Waals surface area contributed by atoms with Gasteiger partial charge in [0.15, 0.2) is 17.5 Å². The summed E-state index contributed by atoms with van der Waals surface area (Å²) in [6.07, 6.45) is 0. The Balaban J connectivity index is 1.03. The summed E-state index contributed by atoms with van der Waals surface area (Å²) in [5.41, 5.74) is 9.05. The molecule has 12 aromatic rings. The van der Waals surface area contributed by atoms with E-state index in [-0.39, 0.29) is 0 Å². The molecule has 0 saturated heterocycles. The molecular weight excluding hydrogens is 733 g/mol. The fraction of sp³-hybridized carbons (Fsp3) is 0. The molecule has 0 aliphatic carbocycles. The van der Waals surface area contributed by atoms with Crippen molar-refractivity contribution in [3.8, 4) is 51.0 Å². The summed E-state index contributed by atoms with van der Waals surface area (Å²) in [4.78, 5) is 15.1. The monoisotopic (exact) mass is 762 g/mol. The van der Waals surface area contributed by atoms with Gasteiger partial charge in [-0.25, -0.2) is 15.0 Å². The van der Waals surface area contributed by atoms with Crippen LogP contribution in [0, 0.1) is 0 Å². The van der Waals surface area contributed by atoms with Crippen molar-refractivity contribution < 1.29 is 0 Å². The minimum Gasteiger partial charge on any atom is -0.309 e. The largest absolute Gasteiger partial charge is 0.309 e. The van der Waals surface area contributed by atoms with Crippen LogP contribution in [-0.2, 0) is 0 Å². The molecule has 4 heterocycles. The minimum atomic E-state index is 0.664. The Labute approximate surface area is 335 Å². The molecular formula is C51H30N4S2. The summed E-state index contributed by atoms with van der Waals surface area (Å²) in [6.45, 7) is 0. The molecule has 6 heteroatoms. The first-order chi connectivity index (χ1) is 28.3. The lowest BCUT2D eigenvalue weighted by Crippen LogP contribution is -2.00. The molecule has 12 rings (SSSR count). The molecule has 0 radical (unpaired) electrons. The van der Waals surface area contributed by atoms with E-state index in [2.05, 4.69) is 150 Å². The third kappa shape index (κ3) is 5.08. The van der Waals surface area contributed by atoms with E-state index in [0.29, 0.717) is 17.5 Å². The number of para-hydroxylation sites is 2. The second kappa shape index (κ2) is 12.8. The standard InChI is InChI=1S/C51H30N4S2/c1-3-14-31(15-4-1)49-52-50(32-16-5-2-6-17-32)54-51(53-49)39-23-12-21-37-40-30-33(28-29-44(40)56-48(37)39)34-20-11-22-38-46-43(26-13-27-45(46)57-47(34)38)55-41-24-9-7-18-35(41)36-19-8-10-25-42(36)55/h1-30H. The second-order valence-corrected chi connectivity index (χ2v) is 16.4. The van der Waals surface area contributed by atoms with Crippen LogP contribution < -0.4 is 0 Å². The molecule has 0 fully saturated rings. The van der Waals surface area contributed by atoms with Crippen LogP contribution in [-0.4, -0.2) is 19.5 Å². The van der Waals surface area contributed by atoms with Crippen molar-refractivity contribution in [2.24, 2.45) is 0 Å². The second-order valence-electron chi connectivity index (χ2n) is 14.3. The molecule has 4 aromatic heterocycles. The van der Waals surface area contributed by atoms with Gasteiger partial charge in [0.2, 0.25) is 0 Å². The predicted molar refractivity (Wildman–Crippen MR) is 242 cm³/mol. The smallest absolute Gasteiger partial charge is 0.165 e. The van der Waals surface area contributed by atoms with Crippen molar-refractivity contribution in [3.05, 3.63) is 182 Å². The molecule has 4 nitrogen and oxygen atoms in total. The van der Waals surface area contributed by atoms with Crippen molar-refractivity contribution in [2.75, 3.05) is 0 Å². The van der Waals surface area contributed by atoms with Gasteiger partial charge in [0, 0.05) is 67.8 Å². The number of thiophene rings is 2. The zero-order valence-electron chi connectivity index (χ0n) is 30.4. The van der Waals surface area contributed by atoms with E-state index >= 15 is 0 Å². The normalized spacial score (nSPS) is 11.9. The lowest BCUT2D eigenvalue weighted by Gasteiger charge is -2.10. The highest BCUT2D eigenvalue weighted by atomic mass is 32.1. The van der Waals surface area contributed by atoms with Gasteiger partial charge in [0.1, 0.15) is 0 Å². The Kier molecular flexibility index (Phi) is 7.24. The van der Waals surface area contributed by atoms with Gasteiger partial charge in [0.25, 0.3) is 0 Å². The fourth-order valence-electron chi connectivity index (χ4n) is 8.50. The summed E-state index contributed by atoms with van der Waals surface area (Å²) in [5.74, 6) is 2.00. The van der Waals surface area contributed by atoms with Crippen LogP contribution in [0.5, 0.6) is 0 Å². The summed E-state index contributed by atoms with van der Waals surface area (Å²) in [6, 6.07) is 64.8. The van der Waals surface area contributed by atoms with E-state index in [1.165, 1.54) is 79.0 Å². The topological polar surface area (TPSA) is 43.6 Å². The number of fused-ring (bicyclic) bond motifs is 9. The van der Waals surface area contributed by atoms with Crippen LogP contribution in [0.2, 0.25) is 0 Å². The Morgan fingerprint density at radius 2 is 0.895 bits per heavy atom. The van der Waals surface area contributed by atoms with Gasteiger partial charge >= 0.3 is 0 Å². The van der Waals surface area contributed by atoms with Crippen LogP contribution in [0.4, 0.5) is 0 Å². The van der Waals surface area contributed by atoms with Gasteiger partial charge in [-0.2, -0.15) is 0 Å². The molecule has 8 aromatic carbocycles. The van der Waals surface area contributed by atoms with Crippen LogP contribution in [0.3, 0.4) is 0 Å². The number of hydrogen-bond acceptors (Lipinski definition) is 5. The van der Waals surface area contributed by atoms with Crippen molar-refractivity contribution >= 4 is 84.8 Å². The van der Waals surface area contributed by atoms with E-state index in [9.17, 15) is 0 Å². The van der Waals surface area contributed by atoms with E-state index in [1.54, 1.807) is 11.3 Å². The Bertz CT molecular complexity index is 3410. The fourth-order valence-corrected chi connectivity index (χ4v) is 10.9. The molecule has 0 N–H and O–H groups in total. The van der Waals surface area contributed by atoms with Crippen LogP contribution in [0.15, 0.2) is 182 Å². The Morgan fingerprint density at radius 3 is 1.60 bits per heavy atom. The maximum atomic E-state index is 5.08. The van der Waals surface area contributed by atoms with Gasteiger partial charge in [-0.3, -0.25) is 0 Å². The predicted octanol–water partition coefficient (Wildman–Crippen LogP) is 14.4. The highest BCUT2D eigenvalue weighted by molar-refractivity contribution is 7.27. The van der Waals surface area contributed by atoms with E-state index in [0.717, 1.165) is 16.7 Å². The van der Waals surface area contributed by atoms with Gasteiger partial charge < -0.3 is 4.57 Å². The van der Waals surface area contributed by atoms with Crippen molar-refractivity contribution in [1.29, 1.82) is 0 Å². The molecule has 0 aliphatic heterocycles. The molecule has 0 saturated carbocycles. The third-order valence-corrected chi connectivity index (χ3v) is 13.5. The lowest BCUT2D eigenvalue weighted by atomic mass is 10.00. The zero-order valence-corrected chi connectivity index (χ0v) is 32.1. The number of aromatic nitrogens is 4. The Morgan fingerprint density at radius 1 is 0.351 bits per heavy atom. The molecule has 0 unspecified atom stereocenters. The number of benzene rings is 8. The quantitative estimate of drug-likeness (QED) is 0.175. The zero-order chi connectivity index (χ0) is 37.5. The summed E-state index contributed by atoms with van der Waals surface area (Å²) in [7, 11) is 0. The minimum absolute atomic E-state index is 0.664. The average Bonchev–Trinajstić information content (AvgIpc) is 3.96. The Hall–Kier alpha value is -6.99. The third-order valence-electron chi connectivity index (χ3n) is 11.1. The molecule has 0 atom stereocenters. The van der Waals surface area contributed by atoms with Crippen molar-refractivity contribution in [1.82, 2.24) is 19.5 Å².